The van der Waals surface area contributed by atoms with Gasteiger partial charge in [0.25, 0.3) is 0 Å². The zero-order chi connectivity index (χ0) is 21.9. The minimum absolute atomic E-state index is 0.220. The molecule has 30 heavy (non-hydrogen) atoms. The fraction of sp³-hybridized carbons (Fsp3) is 0.320. The standard InChI is InChI=1S/C25H30FNO3/c1-5-6-7-8-20-9-14-23(24(26)17-20)21-10-12-22(13-11-21)29-15-16-30-25(28)19(2)18-27(3)4/h9-17H,2,5-8,18H2,1,3-4H3/b16-15-. The van der Waals surface area contributed by atoms with Crippen molar-refractivity contribution in [2.24, 2.45) is 0 Å². The number of hydrogen-bond donors (Lipinski definition) is 0. The van der Waals surface area contributed by atoms with E-state index in [-0.39, 0.29) is 5.82 Å². The SMILES string of the molecule is C=C(CN(C)C)C(=O)O/C=C\Oc1ccc(-c2ccc(CCCCC)cc2F)cc1. The third-order valence-electron chi connectivity index (χ3n) is 4.50. The Labute approximate surface area is 178 Å². The topological polar surface area (TPSA) is 38.8 Å². The van der Waals surface area contributed by atoms with E-state index in [0.717, 1.165) is 36.8 Å². The van der Waals surface area contributed by atoms with Gasteiger partial charge in [-0.15, -0.1) is 0 Å². The van der Waals surface area contributed by atoms with Crippen LogP contribution in [0.25, 0.3) is 11.1 Å². The van der Waals surface area contributed by atoms with Crippen LogP contribution in [0.5, 0.6) is 5.75 Å². The fourth-order valence-corrected chi connectivity index (χ4v) is 2.97. The van der Waals surface area contributed by atoms with Crippen LogP contribution < -0.4 is 4.74 Å². The summed E-state index contributed by atoms with van der Waals surface area (Å²) in [6, 6.07) is 12.5. The maximum atomic E-state index is 14.5. The molecule has 0 aromatic heterocycles. The molecule has 0 fully saturated rings. The van der Waals surface area contributed by atoms with Gasteiger partial charge < -0.3 is 14.4 Å². The van der Waals surface area contributed by atoms with Gasteiger partial charge in [-0.1, -0.05) is 50.6 Å². The molecule has 0 heterocycles. The maximum Gasteiger partial charge on any atom is 0.339 e. The molecule has 0 N–H and O–H groups in total. The number of ether oxygens (including phenoxy) is 2. The fourth-order valence-electron chi connectivity index (χ4n) is 2.97. The number of hydrogen-bond acceptors (Lipinski definition) is 4. The summed E-state index contributed by atoms with van der Waals surface area (Å²) in [5.41, 5.74) is 2.71. The van der Waals surface area contributed by atoms with Crippen LogP contribution in [0.4, 0.5) is 4.39 Å². The van der Waals surface area contributed by atoms with Gasteiger partial charge in [0.05, 0.1) is 0 Å². The molecule has 0 saturated heterocycles. The van der Waals surface area contributed by atoms with Crippen molar-refractivity contribution in [1.29, 1.82) is 0 Å². The van der Waals surface area contributed by atoms with Gasteiger partial charge in [-0.2, -0.15) is 0 Å². The largest absolute Gasteiger partial charge is 0.462 e. The number of carbonyl (C=O) groups is 1. The van der Waals surface area contributed by atoms with Crippen LogP contribution >= 0.6 is 0 Å². The van der Waals surface area contributed by atoms with Gasteiger partial charge in [0.2, 0.25) is 0 Å². The van der Waals surface area contributed by atoms with Crippen molar-refractivity contribution < 1.29 is 18.7 Å². The normalized spacial score (nSPS) is 11.1. The zero-order valence-corrected chi connectivity index (χ0v) is 18.0. The highest BCUT2D eigenvalue weighted by Crippen LogP contribution is 2.26. The van der Waals surface area contributed by atoms with Gasteiger partial charge in [-0.3, -0.25) is 0 Å². The molecule has 0 aliphatic carbocycles. The highest BCUT2D eigenvalue weighted by molar-refractivity contribution is 5.88. The van der Waals surface area contributed by atoms with Gasteiger partial charge in [-0.25, -0.2) is 9.18 Å². The number of likely N-dealkylation sites (N-methyl/N-ethyl adjacent to an activating group) is 1. The van der Waals surface area contributed by atoms with E-state index in [1.165, 1.54) is 12.5 Å². The van der Waals surface area contributed by atoms with Gasteiger partial charge in [0.1, 0.15) is 24.1 Å². The Balaban J connectivity index is 1.90. The lowest BCUT2D eigenvalue weighted by molar-refractivity contribution is -0.133. The number of nitrogens with zero attached hydrogens (tertiary/aromatic N) is 1. The summed E-state index contributed by atoms with van der Waals surface area (Å²) in [7, 11) is 3.68. The van der Waals surface area contributed by atoms with Crippen LogP contribution in [0.3, 0.4) is 0 Å². The van der Waals surface area contributed by atoms with Crippen molar-refractivity contribution >= 4 is 5.97 Å². The molecule has 2 rings (SSSR count). The molecular formula is C25H30FNO3. The van der Waals surface area contributed by atoms with Crippen LogP contribution in [0.2, 0.25) is 0 Å². The number of unbranched alkanes of at least 4 members (excludes halogenated alkanes) is 2. The molecular weight excluding hydrogens is 381 g/mol. The molecule has 0 aliphatic rings. The van der Waals surface area contributed by atoms with Gasteiger partial charge >= 0.3 is 5.97 Å². The molecule has 0 spiro atoms. The summed E-state index contributed by atoms with van der Waals surface area (Å²) < 4.78 is 24.9. The van der Waals surface area contributed by atoms with Crippen LogP contribution in [0.15, 0.2) is 67.1 Å². The molecule has 2 aromatic rings. The van der Waals surface area contributed by atoms with Gasteiger partial charge in [-0.05, 0) is 56.3 Å². The molecule has 0 radical (unpaired) electrons. The Morgan fingerprint density at radius 1 is 1.10 bits per heavy atom. The minimum atomic E-state index is -0.507. The second kappa shape index (κ2) is 11.9. The molecule has 2 aromatic carbocycles. The minimum Gasteiger partial charge on any atom is -0.462 e. The molecule has 0 atom stereocenters. The predicted molar refractivity (Wildman–Crippen MR) is 119 cm³/mol. The molecule has 5 heteroatoms. The van der Waals surface area contributed by atoms with E-state index in [4.69, 9.17) is 9.47 Å². The molecule has 0 bridgehead atoms. The van der Waals surface area contributed by atoms with Crippen molar-refractivity contribution in [2.75, 3.05) is 20.6 Å². The smallest absolute Gasteiger partial charge is 0.339 e. The van der Waals surface area contributed by atoms with E-state index in [0.29, 0.717) is 23.4 Å². The highest BCUT2D eigenvalue weighted by Gasteiger charge is 2.08. The first kappa shape index (κ1) is 23.4. The Morgan fingerprint density at radius 2 is 1.83 bits per heavy atom. The first-order valence-electron chi connectivity index (χ1n) is 10.1. The summed E-state index contributed by atoms with van der Waals surface area (Å²) in [6.07, 6.45) is 6.74. The lowest BCUT2D eigenvalue weighted by Gasteiger charge is -2.10. The van der Waals surface area contributed by atoms with E-state index in [9.17, 15) is 9.18 Å². The average Bonchev–Trinajstić information content (AvgIpc) is 2.71. The molecule has 4 nitrogen and oxygen atoms in total. The van der Waals surface area contributed by atoms with Crippen LogP contribution in [0, 0.1) is 5.82 Å². The second-order valence-electron chi connectivity index (χ2n) is 7.43. The first-order valence-corrected chi connectivity index (χ1v) is 10.1. The summed E-state index contributed by atoms with van der Waals surface area (Å²) in [5, 5.41) is 0. The molecule has 160 valence electrons. The predicted octanol–water partition coefficient (Wildman–Crippen LogP) is 5.74. The van der Waals surface area contributed by atoms with Crippen LogP contribution in [-0.4, -0.2) is 31.5 Å². The molecule has 0 amide bonds. The van der Waals surface area contributed by atoms with Crippen molar-refractivity contribution in [2.45, 2.75) is 32.6 Å². The van der Waals surface area contributed by atoms with E-state index >= 15 is 0 Å². The zero-order valence-electron chi connectivity index (χ0n) is 18.0. The summed E-state index contributed by atoms with van der Waals surface area (Å²) in [4.78, 5) is 13.6. The number of aryl methyl sites for hydroxylation is 1. The lowest BCUT2D eigenvalue weighted by atomic mass is 10.0. The van der Waals surface area contributed by atoms with E-state index in [2.05, 4.69) is 13.5 Å². The Morgan fingerprint density at radius 3 is 2.47 bits per heavy atom. The molecule has 0 saturated carbocycles. The maximum absolute atomic E-state index is 14.5. The number of esters is 1. The average molecular weight is 412 g/mol. The van der Waals surface area contributed by atoms with Crippen molar-refractivity contribution in [1.82, 2.24) is 4.90 Å². The van der Waals surface area contributed by atoms with Gasteiger partial charge in [0.15, 0.2) is 0 Å². The number of rotatable bonds is 11. The monoisotopic (exact) mass is 411 g/mol. The summed E-state index contributed by atoms with van der Waals surface area (Å²) in [5.74, 6) is -0.176. The second-order valence-corrected chi connectivity index (χ2v) is 7.43. The number of halogens is 1. The quantitative estimate of drug-likeness (QED) is 0.205. The first-order chi connectivity index (χ1) is 14.4. The number of carbonyl (C=O) groups excluding carboxylic acids is 1. The lowest BCUT2D eigenvalue weighted by Crippen LogP contribution is -2.19. The molecule has 0 aliphatic heterocycles. The van der Waals surface area contributed by atoms with Crippen molar-refractivity contribution in [3.05, 3.63) is 78.5 Å². The Kier molecular flexibility index (Phi) is 9.29. The highest BCUT2D eigenvalue weighted by atomic mass is 19.1. The summed E-state index contributed by atoms with van der Waals surface area (Å²) >= 11 is 0. The number of benzene rings is 2. The molecule has 0 unspecified atom stereocenters. The third-order valence-corrected chi connectivity index (χ3v) is 4.50. The van der Waals surface area contributed by atoms with E-state index in [1.807, 2.05) is 31.1 Å². The Hall–Kier alpha value is -2.92. The summed E-state index contributed by atoms with van der Waals surface area (Å²) in [6.45, 7) is 6.26. The Bertz CT molecular complexity index is 872. The van der Waals surface area contributed by atoms with Crippen LogP contribution in [0.1, 0.15) is 31.7 Å². The van der Waals surface area contributed by atoms with Crippen molar-refractivity contribution in [3.63, 3.8) is 0 Å². The van der Waals surface area contributed by atoms with E-state index in [1.54, 1.807) is 30.3 Å². The van der Waals surface area contributed by atoms with Gasteiger partial charge in [0, 0.05) is 17.7 Å². The third kappa shape index (κ3) is 7.48. The van der Waals surface area contributed by atoms with Crippen LogP contribution in [-0.2, 0) is 16.0 Å². The van der Waals surface area contributed by atoms with E-state index < -0.39 is 5.97 Å². The van der Waals surface area contributed by atoms with Crippen molar-refractivity contribution in [3.8, 4) is 16.9 Å².